The van der Waals surface area contributed by atoms with Crippen molar-refractivity contribution in [2.45, 2.75) is 49.8 Å². The van der Waals surface area contributed by atoms with Crippen LogP contribution in [0.2, 0.25) is 0 Å². The van der Waals surface area contributed by atoms with Crippen LogP contribution in [0, 0.1) is 5.89 Å². The summed E-state index contributed by atoms with van der Waals surface area (Å²) in [7, 11) is 1.26. The van der Waals surface area contributed by atoms with E-state index in [2.05, 4.69) is 0 Å². The Morgan fingerprint density at radius 2 is 2.50 bits per heavy atom. The van der Waals surface area contributed by atoms with Gasteiger partial charge in [-0.3, -0.25) is 0 Å². The molecule has 2 heteroatoms. The third-order valence-corrected chi connectivity index (χ3v) is 4.29. The Labute approximate surface area is 141 Å². The second kappa shape index (κ2) is 4.49. The lowest BCUT2D eigenvalue weighted by Gasteiger charge is -2.58. The molecule has 2 fully saturated rings. The van der Waals surface area contributed by atoms with Crippen molar-refractivity contribution in [3.05, 3.63) is 29.3 Å². The van der Waals surface area contributed by atoms with Gasteiger partial charge in [0.05, 0.1) is 8.48 Å². The van der Waals surface area contributed by atoms with Crippen molar-refractivity contribution in [3.8, 4) is 5.75 Å². The van der Waals surface area contributed by atoms with Crippen molar-refractivity contribution in [2.24, 2.45) is 5.89 Å². The van der Waals surface area contributed by atoms with Crippen LogP contribution < -0.4 is 4.74 Å². The highest BCUT2D eigenvalue weighted by Gasteiger charge is 2.53. The molecule has 0 amide bonds. The van der Waals surface area contributed by atoms with Gasteiger partial charge in [-0.1, -0.05) is 18.8 Å². The van der Waals surface area contributed by atoms with Gasteiger partial charge in [0.2, 0.25) is 0 Å². The molecule has 1 aromatic rings. The minimum Gasteiger partial charge on any atom is -0.497 e. The molecule has 1 saturated carbocycles. The number of likely N-dealkylation sites (tertiary alicyclic amines) is 1. The summed E-state index contributed by atoms with van der Waals surface area (Å²) in [5.74, 6) is -3.22. The number of fused-ring (bicyclic) bond motifs is 1. The van der Waals surface area contributed by atoms with Gasteiger partial charge in [-0.2, -0.15) is 0 Å². The molecule has 3 aliphatic rings. The highest BCUT2D eigenvalue weighted by Crippen LogP contribution is 2.55. The standard InChI is InChI=1S/C18H25NO/c1-19-10-9-18-8-4-3-5-15(18)17(19)11-13-6-7-14(20-2)12-16(13)18/h6-7,12,15,17H,3-5,8-11H2,1-2H3/t15-,17+,18+/m1/s1/i1D3,3D2,4D2,5D2,8D2,12D,15D,17D. The smallest absolute Gasteiger partial charge is 0.119 e. The SMILES string of the molecule is [2H]c1c(OC)ccc2c1[C@@]13CCN(C([2H])([2H])[2H])[C@@]([2H])(C2)[C@@]1([2H])C([2H])([2H])C([2H])([2H])C([2H])([2H])C3([2H])[2H]. The molecule has 1 aliphatic heterocycles. The highest BCUT2D eigenvalue weighted by atomic mass is 16.5. The summed E-state index contributed by atoms with van der Waals surface area (Å²) in [5.41, 5.74) is -2.71. The molecule has 4 rings (SSSR count). The average molecular weight is 285 g/mol. The maximum atomic E-state index is 9.51. The van der Waals surface area contributed by atoms with E-state index < -0.39 is 75.2 Å². The van der Waals surface area contributed by atoms with Crippen LogP contribution in [0.3, 0.4) is 0 Å². The van der Waals surface area contributed by atoms with E-state index in [1.54, 1.807) is 0 Å². The molecule has 1 saturated heterocycles. The highest BCUT2D eigenvalue weighted by molar-refractivity contribution is 5.45. The zero-order chi connectivity index (χ0) is 26.1. The summed E-state index contributed by atoms with van der Waals surface area (Å²) >= 11 is 0. The molecule has 2 aliphatic carbocycles. The van der Waals surface area contributed by atoms with Gasteiger partial charge in [0, 0.05) is 29.3 Å². The molecule has 2 nitrogen and oxygen atoms in total. The average Bonchev–Trinajstić information content (AvgIpc) is 2.67. The number of nitrogens with zero attached hydrogens (tertiary/aromatic N) is 1. The molecule has 0 unspecified atom stereocenters. The second-order valence-corrected chi connectivity index (χ2v) is 5.23. The molecule has 1 aromatic carbocycles. The Hall–Kier alpha value is -1.02. The van der Waals surface area contributed by atoms with Crippen LogP contribution in [-0.4, -0.2) is 31.5 Å². The molecule has 2 bridgehead atoms. The van der Waals surface area contributed by atoms with Crippen molar-refractivity contribution in [1.82, 2.24) is 4.90 Å². The number of piperidine rings is 1. The van der Waals surface area contributed by atoms with E-state index in [0.29, 0.717) is 4.90 Å². The van der Waals surface area contributed by atoms with Gasteiger partial charge in [0.25, 0.3) is 0 Å². The van der Waals surface area contributed by atoms with Gasteiger partial charge in [-0.05, 0) is 68.2 Å². The van der Waals surface area contributed by atoms with E-state index in [0.717, 1.165) is 0 Å². The molecule has 0 aromatic heterocycles. The first-order chi connectivity index (χ1) is 15.1. The molecule has 20 heavy (non-hydrogen) atoms. The predicted octanol–water partition coefficient (Wildman–Crippen LogP) is 3.38. The topological polar surface area (TPSA) is 12.5 Å². The molecule has 0 radical (unpaired) electrons. The minimum atomic E-state index is -3.63. The van der Waals surface area contributed by atoms with E-state index in [1.165, 1.54) is 19.2 Å². The number of methoxy groups -OCH3 is 1. The van der Waals surface area contributed by atoms with Crippen LogP contribution in [0.25, 0.3) is 0 Å². The van der Waals surface area contributed by atoms with Crippen LogP contribution in [0.4, 0.5) is 0 Å². The fourth-order valence-electron chi connectivity index (χ4n) is 3.28. The van der Waals surface area contributed by atoms with Gasteiger partial charge in [-0.25, -0.2) is 0 Å². The summed E-state index contributed by atoms with van der Waals surface area (Å²) in [5, 5.41) is 0. The summed E-state index contributed by atoms with van der Waals surface area (Å²) in [6.07, 6.45) is -15.2. The number of benzene rings is 1. The third kappa shape index (κ3) is 1.60. The van der Waals surface area contributed by atoms with Crippen molar-refractivity contribution >= 4 is 0 Å². The number of rotatable bonds is 1. The first kappa shape index (κ1) is 4.74. The lowest BCUT2D eigenvalue weighted by Crippen LogP contribution is -2.59. The molecular weight excluding hydrogens is 246 g/mol. The molecule has 3 atom stereocenters. The van der Waals surface area contributed by atoms with Gasteiger partial charge in [-0.15, -0.1) is 0 Å². The molecule has 108 valence electrons. The van der Waals surface area contributed by atoms with Gasteiger partial charge in [0.15, 0.2) is 0 Å². The zero-order valence-electron chi connectivity index (χ0n) is 25.1. The summed E-state index contributed by atoms with van der Waals surface area (Å²) in [6.45, 7) is -3.51. The number of hydrogen-bond donors (Lipinski definition) is 0. The van der Waals surface area contributed by atoms with Crippen LogP contribution in [-0.2, 0) is 11.8 Å². The number of likely N-dealkylation sites (N-methyl/N-ethyl adjacent to an activating group) is 1. The first-order valence-electron chi connectivity index (χ1n) is 13.6. The van der Waals surface area contributed by atoms with E-state index in [1.807, 2.05) is 0 Å². The van der Waals surface area contributed by atoms with E-state index in [9.17, 15) is 2.74 Å². The van der Waals surface area contributed by atoms with Crippen molar-refractivity contribution in [2.75, 3.05) is 20.6 Å². The van der Waals surface area contributed by atoms with Crippen LogP contribution in [0.1, 0.15) is 62.2 Å². The zero-order valence-corrected chi connectivity index (χ0v) is 11.1. The Kier molecular flexibility index (Phi) is 1.06. The normalized spacial score (nSPS) is 64.5. The van der Waals surface area contributed by atoms with Crippen molar-refractivity contribution in [1.29, 1.82) is 0 Å². The quantitative estimate of drug-likeness (QED) is 0.784. The molecule has 1 heterocycles. The Balaban J connectivity index is 2.27. The van der Waals surface area contributed by atoms with E-state index in [4.69, 9.17) is 21.2 Å². The third-order valence-electron chi connectivity index (χ3n) is 4.29. The Morgan fingerprint density at radius 1 is 1.55 bits per heavy atom. The lowest BCUT2D eigenvalue weighted by molar-refractivity contribution is 0.00274. The van der Waals surface area contributed by atoms with Gasteiger partial charge >= 0.3 is 0 Å². The van der Waals surface area contributed by atoms with Crippen molar-refractivity contribution in [3.63, 3.8) is 0 Å². The van der Waals surface area contributed by atoms with Gasteiger partial charge < -0.3 is 9.64 Å². The largest absolute Gasteiger partial charge is 0.497 e. The Bertz CT molecular complexity index is 1050. The van der Waals surface area contributed by atoms with Crippen molar-refractivity contribution < 1.29 is 23.9 Å². The summed E-state index contributed by atoms with van der Waals surface area (Å²) in [6, 6.07) is -0.372. The maximum absolute atomic E-state index is 9.51. The number of hydrogen-bond acceptors (Lipinski definition) is 2. The van der Waals surface area contributed by atoms with Crippen LogP contribution in [0.15, 0.2) is 18.2 Å². The summed E-state index contributed by atoms with van der Waals surface area (Å²) in [4.78, 5) is 0.618. The minimum absolute atomic E-state index is 0.0447. The van der Waals surface area contributed by atoms with Crippen LogP contribution in [0.5, 0.6) is 5.75 Å². The number of ether oxygens (including phenoxy) is 1. The predicted molar refractivity (Wildman–Crippen MR) is 81.4 cm³/mol. The molecular formula is C18H25NO. The van der Waals surface area contributed by atoms with Crippen LogP contribution >= 0.6 is 0 Å². The van der Waals surface area contributed by atoms with E-state index >= 15 is 0 Å². The first-order valence-corrected chi connectivity index (χ1v) is 6.60. The van der Waals surface area contributed by atoms with E-state index in [-0.39, 0.29) is 16.9 Å². The van der Waals surface area contributed by atoms with Gasteiger partial charge in [0.1, 0.15) is 5.75 Å². The summed E-state index contributed by atoms with van der Waals surface area (Å²) < 4.78 is 126. The fraction of sp³-hybridized carbons (Fsp3) is 0.667. The molecule has 0 spiro atoms. The Morgan fingerprint density at radius 3 is 3.35 bits per heavy atom. The fourth-order valence-corrected chi connectivity index (χ4v) is 3.28. The lowest BCUT2D eigenvalue weighted by atomic mass is 9.52. The maximum Gasteiger partial charge on any atom is 0.119 e. The second-order valence-electron chi connectivity index (χ2n) is 5.23. The molecule has 0 N–H and O–H groups in total. The monoisotopic (exact) mass is 285 g/mol.